The first-order valence-corrected chi connectivity index (χ1v) is 2.78. The third-order valence-electron chi connectivity index (χ3n) is 0.572. The third-order valence-corrected chi connectivity index (χ3v) is 1.39. The smallest absolute Gasteiger partial charge is 0.268 e. The summed E-state index contributed by atoms with van der Waals surface area (Å²) < 4.78 is 0.319. The maximum atomic E-state index is 10.3. The van der Waals surface area contributed by atoms with Gasteiger partial charge in [0.25, 0.3) is 5.78 Å². The largest absolute Gasteiger partial charge is 0.276 e. The van der Waals surface area contributed by atoms with E-state index in [1.165, 1.54) is 12.1 Å². The summed E-state index contributed by atoms with van der Waals surface area (Å²) in [7, 11) is 0. The van der Waals surface area contributed by atoms with E-state index in [1.807, 2.05) is 0 Å². The van der Waals surface area contributed by atoms with Crippen LogP contribution in [-0.4, -0.2) is 5.78 Å². The molecule has 8 heavy (non-hydrogen) atoms. The van der Waals surface area contributed by atoms with Gasteiger partial charge in [0.1, 0.15) is 6.07 Å². The maximum Gasteiger partial charge on any atom is 0.268 e. The minimum Gasteiger partial charge on any atom is -0.276 e. The lowest BCUT2D eigenvalue weighted by atomic mass is 10.4. The molecule has 0 spiro atoms. The van der Waals surface area contributed by atoms with E-state index >= 15 is 0 Å². The zero-order valence-electron chi connectivity index (χ0n) is 4.31. The second kappa shape index (κ2) is 3.39. The van der Waals surface area contributed by atoms with Crippen LogP contribution in [0.5, 0.6) is 0 Å². The Kier molecular flexibility index (Phi) is 3.13. The van der Waals surface area contributed by atoms with Crippen LogP contribution >= 0.6 is 15.9 Å². The van der Waals surface area contributed by atoms with Gasteiger partial charge < -0.3 is 0 Å². The second-order valence-corrected chi connectivity index (χ2v) is 1.93. The molecule has 0 saturated heterocycles. The van der Waals surface area contributed by atoms with Crippen LogP contribution in [0.1, 0.15) is 6.92 Å². The molecule has 0 bridgehead atoms. The normalized spacial score (nSPS) is 10.4. The van der Waals surface area contributed by atoms with Gasteiger partial charge in [-0.3, -0.25) is 4.79 Å². The van der Waals surface area contributed by atoms with E-state index < -0.39 is 5.78 Å². The van der Waals surface area contributed by atoms with E-state index in [2.05, 4.69) is 15.9 Å². The highest BCUT2D eigenvalue weighted by Crippen LogP contribution is 2.03. The summed E-state index contributed by atoms with van der Waals surface area (Å²) in [5.41, 5.74) is 0. The monoisotopic (exact) mass is 173 g/mol. The van der Waals surface area contributed by atoms with Gasteiger partial charge in [0.05, 0.1) is 4.48 Å². The zero-order valence-corrected chi connectivity index (χ0v) is 5.90. The lowest BCUT2D eigenvalue weighted by Crippen LogP contribution is -1.89. The zero-order chi connectivity index (χ0) is 6.57. The average molecular weight is 174 g/mol. The summed E-state index contributed by atoms with van der Waals surface area (Å²) in [5, 5.41) is 7.97. The summed E-state index contributed by atoms with van der Waals surface area (Å²) in [4.78, 5) is 10.3. The minimum atomic E-state index is -0.535. The molecule has 2 nitrogen and oxygen atoms in total. The molecular weight excluding hydrogens is 170 g/mol. The number of hydrogen-bond acceptors (Lipinski definition) is 2. The molecule has 0 aliphatic carbocycles. The van der Waals surface area contributed by atoms with Gasteiger partial charge in [0, 0.05) is 0 Å². The molecule has 3 heteroatoms. The molecule has 0 fully saturated rings. The van der Waals surface area contributed by atoms with Crippen LogP contribution in [0.25, 0.3) is 0 Å². The van der Waals surface area contributed by atoms with E-state index in [4.69, 9.17) is 5.26 Å². The predicted octanol–water partition coefficient (Wildman–Crippen LogP) is 1.38. The molecule has 0 unspecified atom stereocenters. The van der Waals surface area contributed by atoms with E-state index in [9.17, 15) is 4.79 Å². The van der Waals surface area contributed by atoms with Gasteiger partial charge >= 0.3 is 0 Å². The standard InChI is InChI=1S/C5H4BrNO/c1-2-4(6)5(8)3-7/h2H,1H3/b4-2+. The molecule has 0 saturated carbocycles. The van der Waals surface area contributed by atoms with Crippen molar-refractivity contribution in [1.82, 2.24) is 0 Å². The number of nitrogens with zero attached hydrogens (tertiary/aromatic N) is 1. The quantitative estimate of drug-likeness (QED) is 0.445. The fourth-order valence-electron chi connectivity index (χ4n) is 0.184. The third kappa shape index (κ3) is 1.90. The second-order valence-electron chi connectivity index (χ2n) is 1.08. The van der Waals surface area contributed by atoms with Gasteiger partial charge in [-0.1, -0.05) is 6.08 Å². The number of carbonyl (C=O) groups excluding carboxylic acids is 1. The molecule has 0 heterocycles. The number of Topliss-reactive ketones (excluding diaryl/α,β-unsaturated/α-hetero) is 1. The number of carbonyl (C=O) groups is 1. The highest BCUT2D eigenvalue weighted by atomic mass is 79.9. The lowest BCUT2D eigenvalue weighted by Gasteiger charge is -1.79. The van der Waals surface area contributed by atoms with Crippen molar-refractivity contribution in [1.29, 1.82) is 5.26 Å². The van der Waals surface area contributed by atoms with Gasteiger partial charge in [-0.05, 0) is 22.9 Å². The van der Waals surface area contributed by atoms with E-state index in [-0.39, 0.29) is 0 Å². The number of ketones is 1. The van der Waals surface area contributed by atoms with E-state index in [0.29, 0.717) is 4.48 Å². The summed E-state index contributed by atoms with van der Waals surface area (Å²) in [6.45, 7) is 1.68. The summed E-state index contributed by atoms with van der Waals surface area (Å²) >= 11 is 2.89. The van der Waals surface area contributed by atoms with Crippen LogP contribution in [0.4, 0.5) is 0 Å². The van der Waals surface area contributed by atoms with Crippen LogP contribution < -0.4 is 0 Å². The molecule has 0 N–H and O–H groups in total. The Hall–Kier alpha value is -0.620. The summed E-state index contributed by atoms with van der Waals surface area (Å²) in [6, 6.07) is 1.46. The number of allylic oxidation sites excluding steroid dienone is 2. The van der Waals surface area contributed by atoms with Crippen molar-refractivity contribution in [3.63, 3.8) is 0 Å². The van der Waals surface area contributed by atoms with Crippen LogP contribution in [0.3, 0.4) is 0 Å². The number of nitriles is 1. The first kappa shape index (κ1) is 7.38. The van der Waals surface area contributed by atoms with Crippen molar-refractivity contribution >= 4 is 21.7 Å². The van der Waals surface area contributed by atoms with Crippen molar-refractivity contribution in [2.75, 3.05) is 0 Å². The van der Waals surface area contributed by atoms with Crippen molar-refractivity contribution < 1.29 is 4.79 Å². The average Bonchev–Trinajstić information content (AvgIpc) is 1.84. The van der Waals surface area contributed by atoms with Crippen LogP contribution in [0, 0.1) is 11.3 Å². The van der Waals surface area contributed by atoms with Crippen LogP contribution in [0.2, 0.25) is 0 Å². The molecular formula is C5H4BrNO. The fourth-order valence-corrected chi connectivity index (χ4v) is 0.273. The molecule has 0 atom stereocenters. The Labute approximate surface area is 55.9 Å². The fraction of sp³-hybridized carbons (Fsp3) is 0.200. The molecule has 0 aliphatic heterocycles. The molecule has 0 aliphatic rings. The van der Waals surface area contributed by atoms with Gasteiger partial charge in [-0.2, -0.15) is 5.26 Å². The highest BCUT2D eigenvalue weighted by Gasteiger charge is 1.99. The highest BCUT2D eigenvalue weighted by molar-refractivity contribution is 9.12. The van der Waals surface area contributed by atoms with Gasteiger partial charge in [0.2, 0.25) is 0 Å². The lowest BCUT2D eigenvalue weighted by molar-refractivity contribution is -0.110. The Morgan fingerprint density at radius 1 is 1.88 bits per heavy atom. The van der Waals surface area contributed by atoms with Crippen molar-refractivity contribution in [3.05, 3.63) is 10.6 Å². The number of rotatable bonds is 1. The van der Waals surface area contributed by atoms with Gasteiger partial charge in [0.15, 0.2) is 0 Å². The van der Waals surface area contributed by atoms with Crippen LogP contribution in [-0.2, 0) is 4.79 Å². The molecule has 0 aromatic heterocycles. The molecule has 42 valence electrons. The van der Waals surface area contributed by atoms with E-state index in [1.54, 1.807) is 6.92 Å². The van der Waals surface area contributed by atoms with Crippen molar-refractivity contribution in [3.8, 4) is 6.07 Å². The van der Waals surface area contributed by atoms with Crippen LogP contribution in [0.15, 0.2) is 10.6 Å². The summed E-state index contributed by atoms with van der Waals surface area (Å²) in [5.74, 6) is -0.535. The number of halogens is 1. The van der Waals surface area contributed by atoms with Crippen molar-refractivity contribution in [2.45, 2.75) is 6.92 Å². The van der Waals surface area contributed by atoms with Gasteiger partial charge in [-0.25, -0.2) is 0 Å². The Morgan fingerprint density at radius 3 is 2.50 bits per heavy atom. The molecule has 0 aromatic carbocycles. The van der Waals surface area contributed by atoms with Gasteiger partial charge in [-0.15, -0.1) is 0 Å². The Bertz CT molecular complexity index is 166. The van der Waals surface area contributed by atoms with Crippen molar-refractivity contribution in [2.24, 2.45) is 0 Å². The Balaban J connectivity index is 4.10. The first-order valence-electron chi connectivity index (χ1n) is 1.98. The topological polar surface area (TPSA) is 40.9 Å². The predicted molar refractivity (Wildman–Crippen MR) is 33.3 cm³/mol. The molecule has 0 amide bonds. The molecule has 0 rings (SSSR count). The Morgan fingerprint density at radius 2 is 2.38 bits per heavy atom. The SMILES string of the molecule is C/C=C(/Br)C(=O)C#N. The number of hydrogen-bond donors (Lipinski definition) is 0. The molecule has 0 aromatic rings. The minimum absolute atomic E-state index is 0.319. The summed E-state index contributed by atoms with van der Waals surface area (Å²) in [6.07, 6.45) is 1.53. The maximum absolute atomic E-state index is 10.3. The molecule has 0 radical (unpaired) electrons. The van der Waals surface area contributed by atoms with E-state index in [0.717, 1.165) is 0 Å². The first-order chi connectivity index (χ1) is 3.72.